The van der Waals surface area contributed by atoms with Gasteiger partial charge in [0.25, 0.3) is 0 Å². The van der Waals surface area contributed by atoms with Gasteiger partial charge in [-0.3, -0.25) is 14.8 Å². The molecule has 7 nitrogen and oxygen atoms in total. The molecule has 0 bridgehead atoms. The number of anilines is 1. The first-order chi connectivity index (χ1) is 17.9. The Bertz CT molecular complexity index is 1290. The summed E-state index contributed by atoms with van der Waals surface area (Å²) in [6, 6.07) is 14.5. The van der Waals surface area contributed by atoms with E-state index >= 15 is 0 Å². The third-order valence-corrected chi connectivity index (χ3v) is 7.34. The molecule has 0 saturated heterocycles. The molecule has 0 radical (unpaired) electrons. The Kier molecular flexibility index (Phi) is 7.15. The van der Waals surface area contributed by atoms with Crippen LogP contribution in [0.5, 0.6) is 0 Å². The molecule has 3 heterocycles. The number of fused-ring (bicyclic) bond motifs is 1. The zero-order valence-corrected chi connectivity index (χ0v) is 22.3. The fourth-order valence-corrected chi connectivity index (χ4v) is 5.18. The lowest BCUT2D eigenvalue weighted by Gasteiger charge is -2.38. The second-order valence-electron chi connectivity index (χ2n) is 10.6. The minimum atomic E-state index is -0.0900. The highest BCUT2D eigenvalue weighted by molar-refractivity contribution is 6.03. The Labute approximate surface area is 220 Å². The van der Waals surface area contributed by atoms with Gasteiger partial charge in [-0.2, -0.15) is 0 Å². The van der Waals surface area contributed by atoms with Gasteiger partial charge in [-0.05, 0) is 70.2 Å². The molecule has 2 N–H and O–H groups in total. The van der Waals surface area contributed by atoms with E-state index in [1.54, 1.807) is 9.80 Å². The fourth-order valence-electron chi connectivity index (χ4n) is 5.18. The highest BCUT2D eigenvalue weighted by atomic mass is 16.2. The highest BCUT2D eigenvalue weighted by Gasteiger charge is 2.39. The molecule has 2 aliphatic rings. The number of nitrogens with zero attached hydrogens (tertiary/aromatic N) is 5. The molecule has 1 aliphatic carbocycles. The molecule has 2 aromatic heterocycles. The summed E-state index contributed by atoms with van der Waals surface area (Å²) in [7, 11) is 0. The van der Waals surface area contributed by atoms with Crippen molar-refractivity contribution in [2.75, 3.05) is 18.0 Å². The van der Waals surface area contributed by atoms with Crippen molar-refractivity contribution in [3.8, 4) is 11.4 Å². The van der Waals surface area contributed by atoms with Crippen LogP contribution in [-0.4, -0.2) is 44.6 Å². The van der Waals surface area contributed by atoms with E-state index in [2.05, 4.69) is 47.5 Å². The Balaban J connectivity index is 1.69. The SMILES string of the molecule is C=C1c2c(nc(-c3ccc(C)nc3CCC3CC3)n2Cc2ccccc2)N(C(C)C)C(=O)N1CCCN. The van der Waals surface area contributed by atoms with Gasteiger partial charge in [0.2, 0.25) is 0 Å². The maximum atomic E-state index is 13.6. The largest absolute Gasteiger partial charge is 0.330 e. The number of benzene rings is 1. The molecule has 3 aromatic rings. The van der Waals surface area contributed by atoms with E-state index in [0.29, 0.717) is 37.6 Å². The zero-order valence-electron chi connectivity index (χ0n) is 22.3. The van der Waals surface area contributed by atoms with Crippen LogP contribution in [0.4, 0.5) is 10.6 Å². The maximum Gasteiger partial charge on any atom is 0.330 e. The van der Waals surface area contributed by atoms with E-state index < -0.39 is 0 Å². The summed E-state index contributed by atoms with van der Waals surface area (Å²) in [5, 5.41) is 0. The first-order valence-corrected chi connectivity index (χ1v) is 13.5. The minimum absolute atomic E-state index is 0.0573. The summed E-state index contributed by atoms with van der Waals surface area (Å²) in [5.41, 5.74) is 11.7. The monoisotopic (exact) mass is 498 g/mol. The standard InChI is InChI=1S/C30H38N6O/c1-20(2)36-29-27(22(4)34(30(36)37)18-8-17-31)35(19-24-9-6-5-7-10-24)28(33-29)25-15-11-21(3)32-26(25)16-14-23-12-13-23/h5-7,9-11,15,20,23H,4,8,12-14,16-19,31H2,1-3H3. The number of nitrogens with two attached hydrogens (primary N) is 1. The van der Waals surface area contributed by atoms with Crippen LogP contribution in [0, 0.1) is 12.8 Å². The van der Waals surface area contributed by atoms with E-state index in [-0.39, 0.29) is 12.1 Å². The van der Waals surface area contributed by atoms with Crippen molar-refractivity contribution >= 4 is 17.5 Å². The van der Waals surface area contributed by atoms with Gasteiger partial charge < -0.3 is 10.3 Å². The van der Waals surface area contributed by atoms with Crippen LogP contribution in [0.2, 0.25) is 0 Å². The minimum Gasteiger partial charge on any atom is -0.330 e. The van der Waals surface area contributed by atoms with Crippen molar-refractivity contribution in [2.45, 2.75) is 65.5 Å². The molecule has 37 heavy (non-hydrogen) atoms. The summed E-state index contributed by atoms with van der Waals surface area (Å²) in [6.45, 7) is 12.2. The molecule has 0 atom stereocenters. The summed E-state index contributed by atoms with van der Waals surface area (Å²) in [4.78, 5) is 27.4. The lowest BCUT2D eigenvalue weighted by Crippen LogP contribution is -2.50. The van der Waals surface area contributed by atoms with Crippen LogP contribution in [0.25, 0.3) is 17.1 Å². The molecule has 1 aromatic carbocycles. The number of aromatic nitrogens is 3. The van der Waals surface area contributed by atoms with E-state index in [1.165, 1.54) is 12.8 Å². The zero-order chi connectivity index (χ0) is 26.1. The second-order valence-corrected chi connectivity index (χ2v) is 10.6. The van der Waals surface area contributed by atoms with Crippen molar-refractivity contribution in [1.29, 1.82) is 0 Å². The highest BCUT2D eigenvalue weighted by Crippen LogP contribution is 2.41. The number of carbonyl (C=O) groups is 1. The van der Waals surface area contributed by atoms with Gasteiger partial charge in [0.1, 0.15) is 11.5 Å². The third-order valence-electron chi connectivity index (χ3n) is 7.34. The van der Waals surface area contributed by atoms with Crippen LogP contribution in [0.3, 0.4) is 0 Å². The van der Waals surface area contributed by atoms with Crippen LogP contribution in [-0.2, 0) is 13.0 Å². The normalized spacial score (nSPS) is 15.6. The number of hydrogen-bond acceptors (Lipinski definition) is 4. The fraction of sp³-hybridized carbons (Fsp3) is 0.433. The van der Waals surface area contributed by atoms with Crippen molar-refractivity contribution in [1.82, 2.24) is 19.4 Å². The molecule has 194 valence electrons. The Morgan fingerprint density at radius 2 is 1.86 bits per heavy atom. The quantitative estimate of drug-likeness (QED) is 0.394. The van der Waals surface area contributed by atoms with Crippen LogP contribution in [0.15, 0.2) is 49.0 Å². The average Bonchev–Trinajstić information content (AvgIpc) is 3.64. The Morgan fingerprint density at radius 3 is 2.54 bits per heavy atom. The molecule has 0 spiro atoms. The van der Waals surface area contributed by atoms with Gasteiger partial charge in [-0.1, -0.05) is 49.8 Å². The lowest BCUT2D eigenvalue weighted by molar-refractivity contribution is 0.220. The predicted octanol–water partition coefficient (Wildman–Crippen LogP) is 5.61. The number of carbonyl (C=O) groups excluding carboxylic acids is 1. The summed E-state index contributed by atoms with van der Waals surface area (Å²) in [6.07, 6.45) is 5.43. The van der Waals surface area contributed by atoms with Crippen molar-refractivity contribution in [3.05, 3.63) is 71.7 Å². The number of pyridine rings is 1. The van der Waals surface area contributed by atoms with E-state index in [9.17, 15) is 4.79 Å². The number of amides is 2. The Hall–Kier alpha value is -3.45. The molecule has 0 unspecified atom stereocenters. The van der Waals surface area contributed by atoms with E-state index in [0.717, 1.165) is 52.8 Å². The van der Waals surface area contributed by atoms with Crippen LogP contribution < -0.4 is 10.6 Å². The van der Waals surface area contributed by atoms with Crippen molar-refractivity contribution in [3.63, 3.8) is 0 Å². The van der Waals surface area contributed by atoms with E-state index in [1.807, 2.05) is 26.8 Å². The first kappa shape index (κ1) is 25.2. The second kappa shape index (κ2) is 10.5. The van der Waals surface area contributed by atoms with Crippen LogP contribution >= 0.6 is 0 Å². The van der Waals surface area contributed by atoms with Gasteiger partial charge in [0.15, 0.2) is 5.82 Å². The van der Waals surface area contributed by atoms with E-state index in [4.69, 9.17) is 15.7 Å². The third kappa shape index (κ3) is 5.05. The summed E-state index contributed by atoms with van der Waals surface area (Å²) in [5.74, 6) is 2.33. The molecular formula is C30H38N6O. The average molecular weight is 499 g/mol. The number of hydrogen-bond donors (Lipinski definition) is 1. The summed E-state index contributed by atoms with van der Waals surface area (Å²) < 4.78 is 2.23. The topological polar surface area (TPSA) is 80.3 Å². The van der Waals surface area contributed by atoms with Gasteiger partial charge >= 0.3 is 6.03 Å². The molecule has 5 rings (SSSR count). The van der Waals surface area contributed by atoms with Crippen molar-refractivity contribution < 1.29 is 4.79 Å². The smallest absolute Gasteiger partial charge is 0.330 e. The maximum absolute atomic E-state index is 13.6. The molecular weight excluding hydrogens is 460 g/mol. The van der Waals surface area contributed by atoms with Crippen LogP contribution in [0.1, 0.15) is 62.2 Å². The molecule has 2 amide bonds. The Morgan fingerprint density at radius 1 is 1.11 bits per heavy atom. The molecule has 7 heteroatoms. The number of urea groups is 1. The predicted molar refractivity (Wildman–Crippen MR) is 149 cm³/mol. The molecule has 1 aliphatic heterocycles. The van der Waals surface area contributed by atoms with Gasteiger partial charge in [-0.15, -0.1) is 0 Å². The van der Waals surface area contributed by atoms with Gasteiger partial charge in [-0.25, -0.2) is 9.78 Å². The summed E-state index contributed by atoms with van der Waals surface area (Å²) >= 11 is 0. The lowest BCUT2D eigenvalue weighted by atomic mass is 10.1. The van der Waals surface area contributed by atoms with Gasteiger partial charge in [0, 0.05) is 30.4 Å². The number of aryl methyl sites for hydroxylation is 2. The molecule has 1 saturated carbocycles. The molecule has 1 fully saturated rings. The van der Waals surface area contributed by atoms with Gasteiger partial charge in [0.05, 0.1) is 11.4 Å². The van der Waals surface area contributed by atoms with Crippen molar-refractivity contribution in [2.24, 2.45) is 11.7 Å². The first-order valence-electron chi connectivity index (χ1n) is 13.5. The number of rotatable bonds is 10. The number of imidazole rings is 1.